The lowest BCUT2D eigenvalue weighted by Crippen LogP contribution is -2.49. The molecule has 6 nitrogen and oxygen atoms in total. The zero-order valence-electron chi connectivity index (χ0n) is 13.1. The normalized spacial score (nSPS) is 25.5. The number of nitro groups is 1. The van der Waals surface area contributed by atoms with E-state index in [2.05, 4.69) is 5.32 Å². The Kier molecular flexibility index (Phi) is 5.59. The van der Waals surface area contributed by atoms with Gasteiger partial charge in [-0.05, 0) is 31.2 Å². The Morgan fingerprint density at radius 2 is 2.00 bits per heavy atom. The quantitative estimate of drug-likeness (QED) is 0.674. The van der Waals surface area contributed by atoms with Crippen molar-refractivity contribution in [2.24, 2.45) is 0 Å². The maximum absolute atomic E-state index is 12.5. The SMILES string of the molecule is CN(C(=O)Cc1cccc([N+](=O)[O-])c1)C1CC2CCC(C1)N2.Cl. The molecule has 126 valence electrons. The summed E-state index contributed by atoms with van der Waals surface area (Å²) in [6.07, 6.45) is 4.64. The van der Waals surface area contributed by atoms with Crippen molar-refractivity contribution < 1.29 is 9.72 Å². The molecule has 2 aliphatic rings. The minimum Gasteiger partial charge on any atom is -0.342 e. The fraction of sp³-hybridized carbons (Fsp3) is 0.562. The second kappa shape index (κ2) is 7.27. The number of carbonyl (C=O) groups is 1. The summed E-state index contributed by atoms with van der Waals surface area (Å²) >= 11 is 0. The number of non-ortho nitro benzene ring substituents is 1. The highest BCUT2D eigenvalue weighted by Crippen LogP contribution is 2.29. The van der Waals surface area contributed by atoms with Crippen molar-refractivity contribution in [2.45, 2.75) is 50.2 Å². The number of nitro benzene ring substituents is 1. The van der Waals surface area contributed by atoms with Gasteiger partial charge in [0.05, 0.1) is 11.3 Å². The van der Waals surface area contributed by atoms with Gasteiger partial charge < -0.3 is 10.2 Å². The zero-order valence-corrected chi connectivity index (χ0v) is 13.9. The Balaban J connectivity index is 0.00000192. The molecule has 23 heavy (non-hydrogen) atoms. The molecule has 1 N–H and O–H groups in total. The van der Waals surface area contributed by atoms with Crippen molar-refractivity contribution in [3.05, 3.63) is 39.9 Å². The molecule has 0 aliphatic carbocycles. The highest BCUT2D eigenvalue weighted by molar-refractivity contribution is 5.85. The van der Waals surface area contributed by atoms with Gasteiger partial charge in [0, 0.05) is 37.3 Å². The molecule has 1 amide bonds. The number of rotatable bonds is 4. The van der Waals surface area contributed by atoms with Gasteiger partial charge in [-0.25, -0.2) is 0 Å². The van der Waals surface area contributed by atoms with Gasteiger partial charge in [0.25, 0.3) is 5.69 Å². The Morgan fingerprint density at radius 1 is 1.35 bits per heavy atom. The lowest BCUT2D eigenvalue weighted by molar-refractivity contribution is -0.384. The number of piperidine rings is 1. The van der Waals surface area contributed by atoms with Crippen LogP contribution in [0, 0.1) is 10.1 Å². The first-order valence-corrected chi connectivity index (χ1v) is 7.78. The van der Waals surface area contributed by atoms with Crippen LogP contribution in [-0.2, 0) is 11.2 Å². The molecule has 7 heteroatoms. The molecule has 0 aromatic heterocycles. The Hall–Kier alpha value is -1.66. The topological polar surface area (TPSA) is 75.5 Å². The summed E-state index contributed by atoms with van der Waals surface area (Å²) in [5.41, 5.74) is 0.732. The van der Waals surface area contributed by atoms with Crippen LogP contribution in [0.5, 0.6) is 0 Å². The summed E-state index contributed by atoms with van der Waals surface area (Å²) in [5.74, 6) is 0.0341. The first-order valence-electron chi connectivity index (χ1n) is 7.78. The smallest absolute Gasteiger partial charge is 0.269 e. The molecule has 2 fully saturated rings. The van der Waals surface area contributed by atoms with Crippen LogP contribution < -0.4 is 5.32 Å². The van der Waals surface area contributed by atoms with Gasteiger partial charge in [0.2, 0.25) is 5.91 Å². The molecule has 2 aliphatic heterocycles. The maximum Gasteiger partial charge on any atom is 0.269 e. The van der Waals surface area contributed by atoms with E-state index in [1.807, 2.05) is 11.9 Å². The third kappa shape index (κ3) is 4.00. The predicted octanol–water partition coefficient (Wildman–Crippen LogP) is 2.30. The molecule has 0 spiro atoms. The average Bonchev–Trinajstić information content (AvgIpc) is 2.85. The maximum atomic E-state index is 12.5. The Labute approximate surface area is 141 Å². The highest BCUT2D eigenvalue weighted by Gasteiger charge is 2.36. The largest absolute Gasteiger partial charge is 0.342 e. The van der Waals surface area contributed by atoms with Crippen molar-refractivity contribution in [3.63, 3.8) is 0 Å². The van der Waals surface area contributed by atoms with Gasteiger partial charge in [-0.3, -0.25) is 14.9 Å². The first kappa shape index (κ1) is 17.7. The van der Waals surface area contributed by atoms with Gasteiger partial charge in [0.15, 0.2) is 0 Å². The van der Waals surface area contributed by atoms with E-state index in [-0.39, 0.29) is 36.5 Å². The number of amides is 1. The molecule has 2 heterocycles. The van der Waals surface area contributed by atoms with Crippen LogP contribution in [0.4, 0.5) is 5.69 Å². The number of likely N-dealkylation sites (N-methyl/N-ethyl adjacent to an activating group) is 1. The van der Waals surface area contributed by atoms with Crippen molar-refractivity contribution >= 4 is 24.0 Å². The molecular formula is C16H22ClN3O3. The monoisotopic (exact) mass is 339 g/mol. The first-order chi connectivity index (χ1) is 10.5. The van der Waals surface area contributed by atoms with Gasteiger partial charge in [-0.2, -0.15) is 0 Å². The summed E-state index contributed by atoms with van der Waals surface area (Å²) in [6, 6.07) is 7.69. The standard InChI is InChI=1S/C16H21N3O3.ClH/c1-18(15-9-12-5-6-13(10-15)17-12)16(20)8-11-3-2-4-14(7-11)19(21)22;/h2-4,7,12-13,15,17H,5-6,8-10H2,1H3;1H. The van der Waals surface area contributed by atoms with E-state index in [0.29, 0.717) is 17.6 Å². The summed E-state index contributed by atoms with van der Waals surface area (Å²) in [6.45, 7) is 0. The summed E-state index contributed by atoms with van der Waals surface area (Å²) in [5, 5.41) is 14.4. The van der Waals surface area contributed by atoms with Crippen LogP contribution in [0.1, 0.15) is 31.2 Å². The molecule has 0 saturated carbocycles. The van der Waals surface area contributed by atoms with Crippen molar-refractivity contribution in [2.75, 3.05) is 7.05 Å². The number of hydrogen-bond donors (Lipinski definition) is 1. The number of hydrogen-bond acceptors (Lipinski definition) is 4. The molecule has 0 radical (unpaired) electrons. The average molecular weight is 340 g/mol. The summed E-state index contributed by atoms with van der Waals surface area (Å²) in [4.78, 5) is 24.7. The Morgan fingerprint density at radius 3 is 2.61 bits per heavy atom. The number of nitrogens with one attached hydrogen (secondary N) is 1. The van der Waals surface area contributed by atoms with E-state index in [0.717, 1.165) is 12.8 Å². The molecule has 3 rings (SSSR count). The fourth-order valence-corrected chi connectivity index (χ4v) is 3.63. The highest BCUT2D eigenvalue weighted by atomic mass is 35.5. The third-order valence-electron chi connectivity index (χ3n) is 4.87. The molecular weight excluding hydrogens is 318 g/mol. The minimum atomic E-state index is -0.428. The van der Waals surface area contributed by atoms with Crippen LogP contribution in [0.3, 0.4) is 0 Å². The van der Waals surface area contributed by atoms with Gasteiger partial charge in [0.1, 0.15) is 0 Å². The molecule has 2 atom stereocenters. The van der Waals surface area contributed by atoms with Crippen LogP contribution >= 0.6 is 12.4 Å². The number of benzene rings is 1. The molecule has 1 aromatic carbocycles. The Bertz CT molecular complexity index is 584. The van der Waals surface area contributed by atoms with Gasteiger partial charge in [-0.15, -0.1) is 12.4 Å². The van der Waals surface area contributed by atoms with E-state index >= 15 is 0 Å². The van der Waals surface area contributed by atoms with Gasteiger partial charge >= 0.3 is 0 Å². The lowest BCUT2D eigenvalue weighted by Gasteiger charge is -2.35. The van der Waals surface area contributed by atoms with Crippen LogP contribution in [0.25, 0.3) is 0 Å². The van der Waals surface area contributed by atoms with E-state index in [4.69, 9.17) is 0 Å². The number of carbonyl (C=O) groups excluding carboxylic acids is 1. The van der Waals surface area contributed by atoms with E-state index in [1.54, 1.807) is 12.1 Å². The number of fused-ring (bicyclic) bond motifs is 2. The van der Waals surface area contributed by atoms with Crippen LogP contribution in [0.15, 0.2) is 24.3 Å². The molecule has 2 saturated heterocycles. The van der Waals surface area contributed by atoms with Crippen LogP contribution in [0.2, 0.25) is 0 Å². The van der Waals surface area contributed by atoms with Gasteiger partial charge in [-0.1, -0.05) is 12.1 Å². The van der Waals surface area contributed by atoms with Crippen molar-refractivity contribution in [1.82, 2.24) is 10.2 Å². The number of nitrogens with zero attached hydrogens (tertiary/aromatic N) is 2. The molecule has 2 bridgehead atoms. The fourth-order valence-electron chi connectivity index (χ4n) is 3.63. The van der Waals surface area contributed by atoms with Crippen molar-refractivity contribution in [1.29, 1.82) is 0 Å². The molecule has 2 unspecified atom stereocenters. The van der Waals surface area contributed by atoms with E-state index in [9.17, 15) is 14.9 Å². The number of halogens is 1. The summed E-state index contributed by atoms with van der Waals surface area (Å²) in [7, 11) is 1.86. The summed E-state index contributed by atoms with van der Waals surface area (Å²) < 4.78 is 0. The van der Waals surface area contributed by atoms with Crippen LogP contribution in [-0.4, -0.2) is 40.9 Å². The minimum absolute atomic E-state index is 0. The van der Waals surface area contributed by atoms with E-state index < -0.39 is 4.92 Å². The van der Waals surface area contributed by atoms with E-state index in [1.165, 1.54) is 25.0 Å². The van der Waals surface area contributed by atoms with Crippen molar-refractivity contribution in [3.8, 4) is 0 Å². The zero-order chi connectivity index (χ0) is 15.7. The lowest BCUT2D eigenvalue weighted by atomic mass is 9.98. The second-order valence-corrected chi connectivity index (χ2v) is 6.37. The molecule has 1 aromatic rings. The second-order valence-electron chi connectivity index (χ2n) is 6.37. The third-order valence-corrected chi connectivity index (χ3v) is 4.87. The predicted molar refractivity (Wildman–Crippen MR) is 89.8 cm³/mol.